The van der Waals surface area contributed by atoms with Crippen LogP contribution in [-0.4, -0.2) is 61.8 Å². The van der Waals surface area contributed by atoms with Gasteiger partial charge in [0, 0.05) is 32.2 Å². The molecule has 0 aromatic carbocycles. The van der Waals surface area contributed by atoms with Crippen molar-refractivity contribution >= 4 is 16.2 Å². The number of nitrogens with zero attached hydrogens (tertiary/aromatic N) is 2. The Morgan fingerprint density at radius 2 is 1.86 bits per heavy atom. The Balaban J connectivity index is 1.93. The fraction of sp³-hybridized carbons (Fsp3) is 0.923. The van der Waals surface area contributed by atoms with Crippen LogP contribution in [0.15, 0.2) is 0 Å². The molecule has 0 radical (unpaired) electrons. The van der Waals surface area contributed by atoms with Crippen molar-refractivity contribution in [2.24, 2.45) is 11.7 Å². The standard InChI is InChI=1S/C13H25N3O4S/c1-2-20-13(17)11-5-8-15(9-6-11)21(18,19)16-7-3-4-12(14)10-16/h11-12H,2-10,14H2,1H3. The van der Waals surface area contributed by atoms with E-state index in [0.29, 0.717) is 45.6 Å². The van der Waals surface area contributed by atoms with E-state index in [1.54, 1.807) is 6.92 Å². The van der Waals surface area contributed by atoms with Crippen LogP contribution in [0.1, 0.15) is 32.6 Å². The molecule has 7 nitrogen and oxygen atoms in total. The predicted molar refractivity (Wildman–Crippen MR) is 78.6 cm³/mol. The minimum atomic E-state index is -3.44. The molecular weight excluding hydrogens is 294 g/mol. The number of carbonyl (C=O) groups excluding carboxylic acids is 1. The van der Waals surface area contributed by atoms with Crippen LogP contribution in [0.25, 0.3) is 0 Å². The molecule has 0 aliphatic carbocycles. The van der Waals surface area contributed by atoms with Gasteiger partial charge in [-0.25, -0.2) is 0 Å². The van der Waals surface area contributed by atoms with Crippen LogP contribution in [0.2, 0.25) is 0 Å². The first-order chi connectivity index (χ1) is 9.95. The third-order valence-corrected chi connectivity index (χ3v) is 6.15. The van der Waals surface area contributed by atoms with E-state index >= 15 is 0 Å². The third-order valence-electron chi connectivity index (χ3n) is 4.15. The van der Waals surface area contributed by atoms with Crippen LogP contribution in [0.3, 0.4) is 0 Å². The number of nitrogens with two attached hydrogens (primary N) is 1. The smallest absolute Gasteiger partial charge is 0.309 e. The highest BCUT2D eigenvalue weighted by Gasteiger charge is 2.36. The van der Waals surface area contributed by atoms with Crippen LogP contribution in [0, 0.1) is 5.92 Å². The van der Waals surface area contributed by atoms with Gasteiger partial charge in [-0.3, -0.25) is 4.79 Å². The summed E-state index contributed by atoms with van der Waals surface area (Å²) < 4.78 is 33.1. The van der Waals surface area contributed by atoms with Crippen molar-refractivity contribution in [1.82, 2.24) is 8.61 Å². The quantitative estimate of drug-likeness (QED) is 0.732. The lowest BCUT2D eigenvalue weighted by atomic mass is 9.98. The summed E-state index contributed by atoms with van der Waals surface area (Å²) in [5, 5.41) is 0. The molecule has 2 heterocycles. The third kappa shape index (κ3) is 3.94. The molecule has 0 aromatic heterocycles. The Kier molecular flexibility index (Phi) is 5.59. The van der Waals surface area contributed by atoms with Gasteiger partial charge in [-0.05, 0) is 32.6 Å². The maximum Gasteiger partial charge on any atom is 0.309 e. The van der Waals surface area contributed by atoms with Crippen molar-refractivity contribution in [1.29, 1.82) is 0 Å². The number of piperidine rings is 2. The summed E-state index contributed by atoms with van der Waals surface area (Å²) in [6, 6.07) is -0.0782. The van der Waals surface area contributed by atoms with E-state index in [2.05, 4.69) is 0 Å². The van der Waals surface area contributed by atoms with Gasteiger partial charge in [-0.2, -0.15) is 17.0 Å². The molecule has 2 rings (SSSR count). The van der Waals surface area contributed by atoms with Crippen molar-refractivity contribution < 1.29 is 17.9 Å². The first-order valence-electron chi connectivity index (χ1n) is 7.62. The number of ether oxygens (including phenoxy) is 1. The van der Waals surface area contributed by atoms with E-state index in [9.17, 15) is 13.2 Å². The highest BCUT2D eigenvalue weighted by atomic mass is 32.2. The van der Waals surface area contributed by atoms with Gasteiger partial charge in [0.25, 0.3) is 10.2 Å². The zero-order valence-electron chi connectivity index (χ0n) is 12.5. The molecule has 0 spiro atoms. The topological polar surface area (TPSA) is 92.9 Å². The second-order valence-corrected chi connectivity index (χ2v) is 7.62. The van der Waals surface area contributed by atoms with Gasteiger partial charge >= 0.3 is 5.97 Å². The lowest BCUT2D eigenvalue weighted by Gasteiger charge is -2.37. The van der Waals surface area contributed by atoms with Crippen LogP contribution >= 0.6 is 0 Å². The molecule has 2 aliphatic heterocycles. The second kappa shape index (κ2) is 7.04. The molecule has 0 saturated carbocycles. The van der Waals surface area contributed by atoms with Gasteiger partial charge in [0.05, 0.1) is 12.5 Å². The Morgan fingerprint density at radius 3 is 2.43 bits per heavy atom. The lowest BCUT2D eigenvalue weighted by molar-refractivity contribution is -0.149. The van der Waals surface area contributed by atoms with Gasteiger partial charge in [0.2, 0.25) is 0 Å². The average molecular weight is 319 g/mol. The molecule has 0 aromatic rings. The average Bonchev–Trinajstić information content (AvgIpc) is 2.47. The van der Waals surface area contributed by atoms with Crippen LogP contribution < -0.4 is 5.73 Å². The van der Waals surface area contributed by atoms with Crippen molar-refractivity contribution in [2.45, 2.75) is 38.6 Å². The maximum absolute atomic E-state index is 12.6. The first kappa shape index (κ1) is 16.7. The van der Waals surface area contributed by atoms with Crippen LogP contribution in [0.5, 0.6) is 0 Å². The molecule has 1 unspecified atom stereocenters. The Bertz CT molecular complexity index is 460. The molecule has 8 heteroatoms. The summed E-state index contributed by atoms with van der Waals surface area (Å²) in [5.74, 6) is -0.394. The van der Waals surface area contributed by atoms with E-state index < -0.39 is 10.2 Å². The summed E-state index contributed by atoms with van der Waals surface area (Å²) >= 11 is 0. The summed E-state index contributed by atoms with van der Waals surface area (Å²) in [6.07, 6.45) is 2.73. The Morgan fingerprint density at radius 1 is 1.19 bits per heavy atom. The highest BCUT2D eigenvalue weighted by Crippen LogP contribution is 2.24. The molecule has 2 N–H and O–H groups in total. The molecule has 2 saturated heterocycles. The minimum Gasteiger partial charge on any atom is -0.466 e. The van der Waals surface area contributed by atoms with Gasteiger partial charge in [0.1, 0.15) is 0 Å². The van der Waals surface area contributed by atoms with E-state index in [0.717, 1.165) is 12.8 Å². The molecule has 2 aliphatic rings. The molecule has 2 fully saturated rings. The number of rotatable bonds is 4. The van der Waals surface area contributed by atoms with Gasteiger partial charge in [-0.15, -0.1) is 0 Å². The zero-order valence-corrected chi connectivity index (χ0v) is 13.3. The SMILES string of the molecule is CCOC(=O)C1CCN(S(=O)(=O)N2CCCC(N)C2)CC1. The molecule has 1 atom stereocenters. The molecular formula is C13H25N3O4S. The minimum absolute atomic E-state index is 0.0782. The largest absolute Gasteiger partial charge is 0.466 e. The zero-order chi connectivity index (χ0) is 15.5. The van der Waals surface area contributed by atoms with Crippen LogP contribution in [0.4, 0.5) is 0 Å². The number of hydrogen-bond acceptors (Lipinski definition) is 5. The monoisotopic (exact) mass is 319 g/mol. The highest BCUT2D eigenvalue weighted by molar-refractivity contribution is 7.86. The molecule has 21 heavy (non-hydrogen) atoms. The van der Waals surface area contributed by atoms with Crippen LogP contribution in [-0.2, 0) is 19.7 Å². The van der Waals surface area contributed by atoms with Crippen molar-refractivity contribution in [3.63, 3.8) is 0 Å². The molecule has 0 bridgehead atoms. The summed E-state index contributed by atoms with van der Waals surface area (Å²) in [4.78, 5) is 11.7. The normalized spacial score (nSPS) is 26.7. The molecule has 0 amide bonds. The van der Waals surface area contributed by atoms with E-state index in [-0.39, 0.29) is 17.9 Å². The summed E-state index contributed by atoms with van der Waals surface area (Å²) in [5.41, 5.74) is 5.86. The van der Waals surface area contributed by atoms with E-state index in [1.165, 1.54) is 8.61 Å². The van der Waals surface area contributed by atoms with Gasteiger partial charge < -0.3 is 10.5 Å². The van der Waals surface area contributed by atoms with Crippen molar-refractivity contribution in [2.75, 3.05) is 32.8 Å². The lowest BCUT2D eigenvalue weighted by Crippen LogP contribution is -2.53. The van der Waals surface area contributed by atoms with E-state index in [4.69, 9.17) is 10.5 Å². The maximum atomic E-state index is 12.6. The summed E-state index contributed by atoms with van der Waals surface area (Å²) in [7, 11) is -3.44. The number of hydrogen-bond donors (Lipinski definition) is 1. The van der Waals surface area contributed by atoms with Gasteiger partial charge in [0.15, 0.2) is 0 Å². The van der Waals surface area contributed by atoms with Crippen molar-refractivity contribution in [3.8, 4) is 0 Å². The number of carbonyl (C=O) groups is 1. The first-order valence-corrected chi connectivity index (χ1v) is 9.02. The van der Waals surface area contributed by atoms with E-state index in [1.807, 2.05) is 0 Å². The fourth-order valence-electron chi connectivity index (χ4n) is 2.93. The Labute approximate surface area is 126 Å². The predicted octanol–water partition coefficient (Wildman–Crippen LogP) is -0.0706. The molecule has 122 valence electrons. The Hall–Kier alpha value is -0.700. The van der Waals surface area contributed by atoms with Gasteiger partial charge in [-0.1, -0.05) is 0 Å². The number of esters is 1. The fourth-order valence-corrected chi connectivity index (χ4v) is 4.67. The van der Waals surface area contributed by atoms with Crippen molar-refractivity contribution in [3.05, 3.63) is 0 Å². The summed E-state index contributed by atoms with van der Waals surface area (Å²) in [6.45, 7) is 3.81. The second-order valence-electron chi connectivity index (χ2n) is 5.69.